The van der Waals surface area contributed by atoms with Gasteiger partial charge in [0.2, 0.25) is 0 Å². The molecule has 0 aliphatic heterocycles. The molecule has 0 aromatic rings. The van der Waals surface area contributed by atoms with Gasteiger partial charge in [-0.15, -0.1) is 0 Å². The molecule has 0 radical (unpaired) electrons. The van der Waals surface area contributed by atoms with Crippen LogP contribution in [0.2, 0.25) is 0 Å². The SMILES string of the molecule is [2H]C1C[C@H](C)CC[C@H]1C(C)C. The molecule has 1 rings (SSSR count). The Bertz CT molecular complexity index is 120. The molecule has 0 spiro atoms. The van der Waals surface area contributed by atoms with Crippen molar-refractivity contribution in [2.45, 2.75) is 46.4 Å². The van der Waals surface area contributed by atoms with E-state index in [0.29, 0.717) is 11.8 Å². The highest BCUT2D eigenvalue weighted by atomic mass is 14.3. The molecule has 0 nitrogen and oxygen atoms in total. The molecular weight excluding hydrogens is 120 g/mol. The molecule has 1 fully saturated rings. The van der Waals surface area contributed by atoms with Gasteiger partial charge in [-0.3, -0.25) is 0 Å². The van der Waals surface area contributed by atoms with E-state index in [1.54, 1.807) is 0 Å². The Labute approximate surface area is 66.4 Å². The topological polar surface area (TPSA) is 0 Å². The summed E-state index contributed by atoms with van der Waals surface area (Å²) in [7, 11) is 0. The fourth-order valence-corrected chi connectivity index (χ4v) is 1.73. The Morgan fingerprint density at radius 2 is 2.00 bits per heavy atom. The Morgan fingerprint density at radius 3 is 2.50 bits per heavy atom. The van der Waals surface area contributed by atoms with E-state index in [1.165, 1.54) is 12.8 Å². The molecular formula is C10H20. The Balaban J connectivity index is 2.44. The van der Waals surface area contributed by atoms with E-state index in [0.717, 1.165) is 12.3 Å². The lowest BCUT2D eigenvalue weighted by Crippen LogP contribution is -2.16. The normalized spacial score (nSPS) is 43.6. The molecule has 3 atom stereocenters. The summed E-state index contributed by atoms with van der Waals surface area (Å²) in [4.78, 5) is 0. The van der Waals surface area contributed by atoms with Crippen molar-refractivity contribution >= 4 is 0 Å². The van der Waals surface area contributed by atoms with Gasteiger partial charge in [0.15, 0.2) is 0 Å². The second-order valence-electron chi connectivity index (χ2n) is 4.06. The van der Waals surface area contributed by atoms with Gasteiger partial charge in [-0.25, -0.2) is 0 Å². The van der Waals surface area contributed by atoms with Crippen molar-refractivity contribution in [2.24, 2.45) is 17.8 Å². The van der Waals surface area contributed by atoms with Gasteiger partial charge in [-0.1, -0.05) is 33.6 Å². The lowest BCUT2D eigenvalue weighted by molar-refractivity contribution is 0.234. The summed E-state index contributed by atoms with van der Waals surface area (Å²) >= 11 is 0. The van der Waals surface area contributed by atoms with Gasteiger partial charge in [0.1, 0.15) is 0 Å². The third kappa shape index (κ3) is 2.00. The van der Waals surface area contributed by atoms with Crippen molar-refractivity contribution < 1.29 is 1.37 Å². The van der Waals surface area contributed by atoms with Crippen LogP contribution < -0.4 is 0 Å². The summed E-state index contributed by atoms with van der Waals surface area (Å²) in [5.74, 6) is 2.18. The first kappa shape index (κ1) is 6.69. The van der Waals surface area contributed by atoms with Crippen LogP contribution in [0.25, 0.3) is 0 Å². The van der Waals surface area contributed by atoms with E-state index in [1.807, 2.05) is 0 Å². The maximum atomic E-state index is 7.89. The zero-order chi connectivity index (χ0) is 8.43. The van der Waals surface area contributed by atoms with Crippen LogP contribution >= 0.6 is 0 Å². The first-order valence-electron chi connectivity index (χ1n) is 5.11. The minimum atomic E-state index is 0.221. The number of rotatable bonds is 1. The molecule has 0 amide bonds. The molecule has 0 heterocycles. The van der Waals surface area contributed by atoms with Crippen LogP contribution in [0.4, 0.5) is 0 Å². The van der Waals surface area contributed by atoms with E-state index in [4.69, 9.17) is 1.37 Å². The first-order valence-corrected chi connectivity index (χ1v) is 4.53. The Hall–Kier alpha value is 0. The lowest BCUT2D eigenvalue weighted by atomic mass is 9.78. The second kappa shape index (κ2) is 3.41. The van der Waals surface area contributed by atoms with Crippen molar-refractivity contribution in [1.82, 2.24) is 0 Å². The van der Waals surface area contributed by atoms with Crippen molar-refractivity contribution in [3.05, 3.63) is 0 Å². The molecule has 0 heteroatoms. The van der Waals surface area contributed by atoms with Crippen molar-refractivity contribution in [2.75, 3.05) is 0 Å². The zero-order valence-electron chi connectivity index (χ0n) is 8.43. The maximum absolute atomic E-state index is 7.89. The molecule has 0 aromatic heterocycles. The van der Waals surface area contributed by atoms with Crippen LogP contribution in [0.5, 0.6) is 0 Å². The molecule has 0 saturated heterocycles. The molecule has 1 aliphatic carbocycles. The van der Waals surface area contributed by atoms with Crippen molar-refractivity contribution in [3.8, 4) is 0 Å². The summed E-state index contributed by atoms with van der Waals surface area (Å²) in [5, 5.41) is 0. The van der Waals surface area contributed by atoms with Gasteiger partial charge in [-0.05, 0) is 30.6 Å². The maximum Gasteiger partial charge on any atom is 0.0270 e. The predicted molar refractivity (Wildman–Crippen MR) is 46.0 cm³/mol. The minimum Gasteiger partial charge on any atom is -0.0625 e. The highest BCUT2D eigenvalue weighted by Crippen LogP contribution is 2.32. The molecule has 10 heavy (non-hydrogen) atoms. The van der Waals surface area contributed by atoms with Crippen molar-refractivity contribution in [3.63, 3.8) is 0 Å². The highest BCUT2D eigenvalue weighted by molar-refractivity contribution is 4.71. The summed E-state index contributed by atoms with van der Waals surface area (Å²) < 4.78 is 7.89. The average molecular weight is 141 g/mol. The summed E-state index contributed by atoms with van der Waals surface area (Å²) in [5.41, 5.74) is 0. The van der Waals surface area contributed by atoms with Gasteiger partial charge in [-0.2, -0.15) is 0 Å². The zero-order valence-corrected chi connectivity index (χ0v) is 7.43. The second-order valence-corrected chi connectivity index (χ2v) is 4.06. The van der Waals surface area contributed by atoms with E-state index < -0.39 is 0 Å². The summed E-state index contributed by atoms with van der Waals surface area (Å²) in [6.07, 6.45) is 3.98. The third-order valence-corrected chi connectivity index (χ3v) is 2.69. The summed E-state index contributed by atoms with van der Waals surface area (Å²) in [6, 6.07) is 0. The van der Waals surface area contributed by atoms with E-state index in [2.05, 4.69) is 20.8 Å². The van der Waals surface area contributed by atoms with Crippen LogP contribution in [0.1, 0.15) is 47.8 Å². The molecule has 0 N–H and O–H groups in total. The minimum absolute atomic E-state index is 0.221. The molecule has 0 aromatic carbocycles. The fourth-order valence-electron chi connectivity index (χ4n) is 1.73. The monoisotopic (exact) mass is 141 g/mol. The number of hydrogen-bond acceptors (Lipinski definition) is 0. The highest BCUT2D eigenvalue weighted by Gasteiger charge is 2.19. The van der Waals surface area contributed by atoms with Gasteiger partial charge in [0.25, 0.3) is 0 Å². The molecule has 0 bridgehead atoms. The molecule has 60 valence electrons. The lowest BCUT2D eigenvalue weighted by Gasteiger charge is -2.28. The van der Waals surface area contributed by atoms with Gasteiger partial charge >= 0.3 is 0 Å². The molecule has 1 unspecified atom stereocenters. The van der Waals surface area contributed by atoms with E-state index in [-0.39, 0.29) is 6.40 Å². The van der Waals surface area contributed by atoms with E-state index >= 15 is 0 Å². The fraction of sp³-hybridized carbons (Fsp3) is 1.00. The molecule has 1 aliphatic rings. The Morgan fingerprint density at radius 1 is 1.30 bits per heavy atom. The third-order valence-electron chi connectivity index (χ3n) is 2.69. The van der Waals surface area contributed by atoms with Crippen molar-refractivity contribution in [1.29, 1.82) is 0 Å². The van der Waals surface area contributed by atoms with Crippen LogP contribution in [0.3, 0.4) is 0 Å². The Kier molecular flexibility index (Phi) is 2.28. The first-order chi connectivity index (χ1) is 5.11. The van der Waals surface area contributed by atoms with Crippen LogP contribution in [-0.2, 0) is 0 Å². The summed E-state index contributed by atoms with van der Waals surface area (Å²) in [6.45, 7) is 6.78. The van der Waals surface area contributed by atoms with Gasteiger partial charge < -0.3 is 0 Å². The average Bonchev–Trinajstić information content (AvgIpc) is 1.85. The van der Waals surface area contributed by atoms with E-state index in [9.17, 15) is 0 Å². The quantitative estimate of drug-likeness (QED) is 0.524. The van der Waals surface area contributed by atoms with Crippen LogP contribution in [0.15, 0.2) is 0 Å². The van der Waals surface area contributed by atoms with Gasteiger partial charge in [0, 0.05) is 1.37 Å². The smallest absolute Gasteiger partial charge is 0.0270 e. The van der Waals surface area contributed by atoms with Crippen LogP contribution in [-0.4, -0.2) is 0 Å². The predicted octanol–water partition coefficient (Wildman–Crippen LogP) is 3.47. The largest absolute Gasteiger partial charge is 0.0625 e. The van der Waals surface area contributed by atoms with Crippen LogP contribution in [0, 0.1) is 17.8 Å². The number of hydrogen-bond donors (Lipinski definition) is 0. The van der Waals surface area contributed by atoms with Gasteiger partial charge in [0.05, 0.1) is 0 Å². The standard InChI is InChI=1S/C10H20/c1-8(2)10-6-4-9(3)5-7-10/h8-10H,4-7H2,1-3H3/t9-,10-/i6D/t6?,9-,10-/m0/s1. The molecule has 1 saturated carbocycles.